The minimum absolute atomic E-state index is 0.0465. The van der Waals surface area contributed by atoms with Crippen LogP contribution in [0.25, 0.3) is 0 Å². The molecule has 0 rings (SSSR count). The number of esters is 2. The maximum absolute atomic E-state index is 10.9. The van der Waals surface area contributed by atoms with Gasteiger partial charge in [-0.05, 0) is 19.3 Å². The largest absolute Gasteiger partial charge is 0.460 e. The molecule has 0 saturated carbocycles. The third-order valence-corrected chi connectivity index (χ3v) is 2.54. The fourth-order valence-electron chi connectivity index (χ4n) is 1.39. The zero-order valence-electron chi connectivity index (χ0n) is 13.2. The van der Waals surface area contributed by atoms with Gasteiger partial charge in [-0.25, -0.2) is 9.59 Å². The molecule has 5 nitrogen and oxygen atoms in total. The average Bonchev–Trinajstić information content (AvgIpc) is 2.51. The number of carbonyl (C=O) groups excluding carboxylic acids is 2. The topological polar surface area (TPSA) is 72.8 Å². The lowest BCUT2D eigenvalue weighted by Crippen LogP contribution is -2.15. The quantitative estimate of drug-likeness (QED) is 0.381. The summed E-state index contributed by atoms with van der Waals surface area (Å²) >= 11 is 0. The molecule has 0 aromatic carbocycles. The summed E-state index contributed by atoms with van der Waals surface area (Å²) in [6, 6.07) is 0. The van der Waals surface area contributed by atoms with Crippen LogP contribution in [0.1, 0.15) is 46.0 Å². The van der Waals surface area contributed by atoms with E-state index in [0.717, 1.165) is 25.3 Å². The Morgan fingerprint density at radius 3 is 2.19 bits per heavy atom. The van der Waals surface area contributed by atoms with Crippen molar-refractivity contribution in [2.24, 2.45) is 0 Å². The normalized spacial score (nSPS) is 10.6. The van der Waals surface area contributed by atoms with Crippen LogP contribution in [-0.4, -0.2) is 36.4 Å². The molecule has 0 aliphatic carbocycles. The monoisotopic (exact) mass is 300 g/mol. The highest BCUT2D eigenvalue weighted by Crippen LogP contribution is 2.10. The highest BCUT2D eigenvalue weighted by Gasteiger charge is 2.08. The molecule has 5 heteroatoms. The van der Waals surface area contributed by atoms with Crippen LogP contribution in [-0.2, 0) is 19.1 Å². The van der Waals surface area contributed by atoms with Crippen molar-refractivity contribution in [1.82, 2.24) is 0 Å². The number of hydrogen-bond acceptors (Lipinski definition) is 5. The molecule has 1 N–H and O–H groups in total. The first-order chi connectivity index (χ1) is 10.0. The fraction of sp³-hybridized carbons (Fsp3) is 0.625. The molecule has 0 aliphatic heterocycles. The van der Waals surface area contributed by atoms with Crippen molar-refractivity contribution >= 4 is 11.9 Å². The molecule has 1 atom stereocenters. The summed E-state index contributed by atoms with van der Waals surface area (Å²) in [6.45, 7) is 10.6. The van der Waals surface area contributed by atoms with Crippen molar-refractivity contribution in [2.75, 3.05) is 13.2 Å². The zero-order valence-corrected chi connectivity index (χ0v) is 13.2. The van der Waals surface area contributed by atoms with E-state index < -0.39 is 5.97 Å². The number of carbonyl (C=O) groups is 2. The maximum atomic E-state index is 10.9. The molecule has 0 saturated heterocycles. The number of ether oxygens (including phenoxy) is 2. The van der Waals surface area contributed by atoms with E-state index in [2.05, 4.69) is 24.8 Å². The summed E-state index contributed by atoms with van der Waals surface area (Å²) < 4.78 is 9.47. The Bertz CT molecular complexity index is 299. The van der Waals surface area contributed by atoms with Crippen LogP contribution in [0, 0.1) is 0 Å². The molecule has 0 radical (unpaired) electrons. The van der Waals surface area contributed by atoms with E-state index in [1.54, 1.807) is 0 Å². The predicted molar refractivity (Wildman–Crippen MR) is 82.8 cm³/mol. The third kappa shape index (κ3) is 16.3. The van der Waals surface area contributed by atoms with Crippen molar-refractivity contribution in [3.8, 4) is 0 Å². The van der Waals surface area contributed by atoms with Gasteiger partial charge in [-0.15, -0.1) is 0 Å². The molecule has 0 aromatic heterocycles. The van der Waals surface area contributed by atoms with Gasteiger partial charge in [0.1, 0.15) is 12.7 Å². The maximum Gasteiger partial charge on any atom is 0.330 e. The lowest BCUT2D eigenvalue weighted by Gasteiger charge is -2.14. The second kappa shape index (κ2) is 16.4. The van der Waals surface area contributed by atoms with Crippen LogP contribution in [0.4, 0.5) is 0 Å². The first-order valence-corrected chi connectivity index (χ1v) is 7.28. The molecular weight excluding hydrogens is 272 g/mol. The van der Waals surface area contributed by atoms with Gasteiger partial charge < -0.3 is 14.6 Å². The van der Waals surface area contributed by atoms with Gasteiger partial charge in [-0.1, -0.05) is 39.8 Å². The minimum Gasteiger partial charge on any atom is -0.460 e. The molecule has 0 spiro atoms. The van der Waals surface area contributed by atoms with Crippen molar-refractivity contribution in [2.45, 2.75) is 52.1 Å². The van der Waals surface area contributed by atoms with Gasteiger partial charge >= 0.3 is 11.9 Å². The first kappa shape index (κ1) is 21.7. The first-order valence-electron chi connectivity index (χ1n) is 7.28. The third-order valence-electron chi connectivity index (χ3n) is 2.54. The molecule has 0 amide bonds. The van der Waals surface area contributed by atoms with Crippen molar-refractivity contribution in [3.63, 3.8) is 0 Å². The van der Waals surface area contributed by atoms with Crippen molar-refractivity contribution in [1.29, 1.82) is 0 Å². The van der Waals surface area contributed by atoms with E-state index in [4.69, 9.17) is 9.84 Å². The van der Waals surface area contributed by atoms with Gasteiger partial charge in [0, 0.05) is 12.2 Å². The standard InChI is InChI=1S/C11H20O2.C5H8O3/c1-4-7-8-9-10(5-2)13-11(12)6-3;1-2-5(7)8-4-3-6/h6,10H,3-5,7-9H2,1-2H3;2,6H,1,3-4H2. The SMILES string of the molecule is C=CC(=O)OC(CC)CCCCC.C=CC(=O)OCCO. The molecule has 0 bridgehead atoms. The highest BCUT2D eigenvalue weighted by atomic mass is 16.5. The molecule has 122 valence electrons. The number of aliphatic hydroxyl groups is 1. The lowest BCUT2D eigenvalue weighted by atomic mass is 10.1. The fourth-order valence-corrected chi connectivity index (χ4v) is 1.39. The Hall–Kier alpha value is -1.62. The summed E-state index contributed by atoms with van der Waals surface area (Å²) in [5.74, 6) is -0.803. The molecule has 0 aliphatic rings. The summed E-state index contributed by atoms with van der Waals surface area (Å²) in [6.07, 6.45) is 7.77. The Balaban J connectivity index is 0. The van der Waals surface area contributed by atoms with E-state index in [0.29, 0.717) is 0 Å². The zero-order chi connectivity index (χ0) is 16.5. The van der Waals surface area contributed by atoms with Gasteiger partial charge in [-0.3, -0.25) is 0 Å². The van der Waals surface area contributed by atoms with E-state index in [1.165, 1.54) is 18.9 Å². The van der Waals surface area contributed by atoms with Crippen LogP contribution < -0.4 is 0 Å². The average molecular weight is 300 g/mol. The van der Waals surface area contributed by atoms with E-state index in [9.17, 15) is 9.59 Å². The Kier molecular flexibility index (Phi) is 17.0. The van der Waals surface area contributed by atoms with E-state index in [-0.39, 0.29) is 25.3 Å². The molecule has 0 heterocycles. The van der Waals surface area contributed by atoms with Gasteiger partial charge in [-0.2, -0.15) is 0 Å². The van der Waals surface area contributed by atoms with Crippen molar-refractivity contribution < 1.29 is 24.2 Å². The minimum atomic E-state index is -0.501. The predicted octanol–water partition coefficient (Wildman–Crippen LogP) is 2.78. The summed E-state index contributed by atoms with van der Waals surface area (Å²) in [5, 5.41) is 8.10. The van der Waals surface area contributed by atoms with Gasteiger partial charge in [0.25, 0.3) is 0 Å². The van der Waals surface area contributed by atoms with Crippen LogP contribution in [0.15, 0.2) is 25.3 Å². The van der Waals surface area contributed by atoms with Crippen molar-refractivity contribution in [3.05, 3.63) is 25.3 Å². The molecular formula is C16H28O5. The number of hydrogen-bond donors (Lipinski definition) is 1. The van der Waals surface area contributed by atoms with Crippen LogP contribution in [0.3, 0.4) is 0 Å². The second-order valence-electron chi connectivity index (χ2n) is 4.26. The van der Waals surface area contributed by atoms with Gasteiger partial charge in [0.05, 0.1) is 6.61 Å². The number of aliphatic hydroxyl groups excluding tert-OH is 1. The summed E-state index contributed by atoms with van der Waals surface area (Å²) in [7, 11) is 0. The van der Waals surface area contributed by atoms with Gasteiger partial charge in [0.15, 0.2) is 0 Å². The molecule has 21 heavy (non-hydrogen) atoms. The van der Waals surface area contributed by atoms with Gasteiger partial charge in [0.2, 0.25) is 0 Å². The van der Waals surface area contributed by atoms with E-state index in [1.807, 2.05) is 6.92 Å². The van der Waals surface area contributed by atoms with E-state index >= 15 is 0 Å². The number of rotatable bonds is 10. The molecule has 0 aromatic rings. The summed E-state index contributed by atoms with van der Waals surface area (Å²) in [5.41, 5.74) is 0. The lowest BCUT2D eigenvalue weighted by molar-refractivity contribution is -0.143. The molecule has 1 unspecified atom stereocenters. The number of unbranched alkanes of at least 4 members (excludes halogenated alkanes) is 2. The summed E-state index contributed by atoms with van der Waals surface area (Å²) in [4.78, 5) is 21.0. The Morgan fingerprint density at radius 1 is 1.14 bits per heavy atom. The molecule has 0 fully saturated rings. The Labute approximate surface area is 127 Å². The Morgan fingerprint density at radius 2 is 1.76 bits per heavy atom. The second-order valence-corrected chi connectivity index (χ2v) is 4.26. The van der Waals surface area contributed by atoms with Crippen LogP contribution in [0.2, 0.25) is 0 Å². The smallest absolute Gasteiger partial charge is 0.330 e. The van der Waals surface area contributed by atoms with Crippen LogP contribution in [0.5, 0.6) is 0 Å². The highest BCUT2D eigenvalue weighted by molar-refractivity contribution is 5.81. The van der Waals surface area contributed by atoms with Crippen LogP contribution >= 0.6 is 0 Å².